The van der Waals surface area contributed by atoms with Gasteiger partial charge in [0.1, 0.15) is 0 Å². The van der Waals surface area contributed by atoms with E-state index < -0.39 is 17.7 Å². The minimum atomic E-state index is -0.917. The van der Waals surface area contributed by atoms with E-state index in [-0.39, 0.29) is 5.91 Å². The molecule has 2 rings (SSSR count). The van der Waals surface area contributed by atoms with E-state index in [9.17, 15) is 13.6 Å². The molecule has 0 aromatic heterocycles. The van der Waals surface area contributed by atoms with E-state index in [1.807, 2.05) is 19.1 Å². The molecule has 104 valence electrons. The Labute approximate surface area is 116 Å². The summed E-state index contributed by atoms with van der Waals surface area (Å²) in [6.07, 6.45) is 0. The predicted octanol–water partition coefficient (Wildman–Crippen LogP) is 3.76. The highest BCUT2D eigenvalue weighted by molar-refractivity contribution is 5.95. The van der Waals surface area contributed by atoms with Crippen LogP contribution in [0.1, 0.15) is 34.5 Å². The molecule has 2 aromatic rings. The number of nitrogens with one attached hydrogen (secondary N) is 1. The van der Waals surface area contributed by atoms with Gasteiger partial charge in [0.15, 0.2) is 11.6 Å². The van der Waals surface area contributed by atoms with Gasteiger partial charge in [0.2, 0.25) is 0 Å². The highest BCUT2D eigenvalue weighted by Gasteiger charge is 2.14. The first-order valence-electron chi connectivity index (χ1n) is 6.30. The van der Waals surface area contributed by atoms with Crippen LogP contribution in [0.15, 0.2) is 42.5 Å². The van der Waals surface area contributed by atoms with E-state index in [0.29, 0.717) is 11.1 Å². The van der Waals surface area contributed by atoms with Crippen LogP contribution in [0.5, 0.6) is 0 Å². The summed E-state index contributed by atoms with van der Waals surface area (Å²) in [4.78, 5) is 12.1. The minimum Gasteiger partial charge on any atom is -0.346 e. The van der Waals surface area contributed by atoms with Crippen molar-refractivity contribution >= 4 is 5.91 Å². The van der Waals surface area contributed by atoms with Gasteiger partial charge in [0, 0.05) is 5.56 Å². The van der Waals surface area contributed by atoms with Crippen LogP contribution >= 0.6 is 0 Å². The molecule has 0 saturated heterocycles. The maximum Gasteiger partial charge on any atom is 0.252 e. The standard InChI is InChI=1S/C16H15F2NO/c1-10-5-3-4-6-13(10)16(20)19-11(2)12-7-8-14(17)15(18)9-12/h3-9,11H,1-2H3,(H,19,20). The average molecular weight is 275 g/mol. The summed E-state index contributed by atoms with van der Waals surface area (Å²) in [7, 11) is 0. The average Bonchev–Trinajstić information content (AvgIpc) is 2.42. The Kier molecular flexibility index (Phi) is 4.13. The van der Waals surface area contributed by atoms with E-state index in [1.165, 1.54) is 6.07 Å². The van der Waals surface area contributed by atoms with Crippen LogP contribution in [0, 0.1) is 18.6 Å². The summed E-state index contributed by atoms with van der Waals surface area (Å²) in [6.45, 7) is 3.57. The van der Waals surface area contributed by atoms with Crippen LogP contribution in [0.3, 0.4) is 0 Å². The summed E-state index contributed by atoms with van der Waals surface area (Å²) in [6, 6.07) is 10.4. The van der Waals surface area contributed by atoms with Gasteiger partial charge in [-0.05, 0) is 43.2 Å². The molecule has 2 nitrogen and oxygen atoms in total. The third-order valence-corrected chi connectivity index (χ3v) is 3.18. The molecule has 0 radical (unpaired) electrons. The molecule has 20 heavy (non-hydrogen) atoms. The second-order valence-electron chi connectivity index (χ2n) is 4.68. The Bertz CT molecular complexity index is 640. The smallest absolute Gasteiger partial charge is 0.252 e. The molecule has 0 bridgehead atoms. The molecule has 0 heterocycles. The molecular formula is C16H15F2NO. The highest BCUT2D eigenvalue weighted by atomic mass is 19.2. The fraction of sp³-hybridized carbons (Fsp3) is 0.188. The van der Waals surface area contributed by atoms with Gasteiger partial charge in [-0.3, -0.25) is 4.79 Å². The van der Waals surface area contributed by atoms with Gasteiger partial charge in [-0.15, -0.1) is 0 Å². The van der Waals surface area contributed by atoms with Crippen molar-refractivity contribution in [2.45, 2.75) is 19.9 Å². The molecule has 1 N–H and O–H groups in total. The third kappa shape index (κ3) is 3.02. The second kappa shape index (κ2) is 5.82. The molecule has 0 saturated carbocycles. The molecule has 4 heteroatoms. The zero-order valence-electron chi connectivity index (χ0n) is 11.3. The van der Waals surface area contributed by atoms with Crippen LogP contribution in [-0.4, -0.2) is 5.91 Å². The topological polar surface area (TPSA) is 29.1 Å². The van der Waals surface area contributed by atoms with Gasteiger partial charge in [0.05, 0.1) is 6.04 Å². The minimum absolute atomic E-state index is 0.236. The van der Waals surface area contributed by atoms with E-state index >= 15 is 0 Å². The summed E-state index contributed by atoms with van der Waals surface area (Å²) in [5, 5.41) is 2.77. The molecule has 0 spiro atoms. The van der Waals surface area contributed by atoms with Crippen molar-refractivity contribution < 1.29 is 13.6 Å². The van der Waals surface area contributed by atoms with Crippen molar-refractivity contribution in [3.63, 3.8) is 0 Å². The molecule has 0 aliphatic heterocycles. The number of carbonyl (C=O) groups excluding carboxylic acids is 1. The van der Waals surface area contributed by atoms with Gasteiger partial charge < -0.3 is 5.32 Å². The first-order valence-corrected chi connectivity index (χ1v) is 6.30. The van der Waals surface area contributed by atoms with E-state index in [2.05, 4.69) is 5.32 Å². The first-order chi connectivity index (χ1) is 9.49. The molecule has 1 amide bonds. The number of hydrogen-bond acceptors (Lipinski definition) is 1. The van der Waals surface area contributed by atoms with Crippen LogP contribution in [0.25, 0.3) is 0 Å². The predicted molar refractivity (Wildman–Crippen MR) is 73.4 cm³/mol. The van der Waals surface area contributed by atoms with E-state index in [4.69, 9.17) is 0 Å². The van der Waals surface area contributed by atoms with Crippen molar-refractivity contribution in [3.8, 4) is 0 Å². The van der Waals surface area contributed by atoms with Crippen molar-refractivity contribution in [2.24, 2.45) is 0 Å². The third-order valence-electron chi connectivity index (χ3n) is 3.18. The van der Waals surface area contributed by atoms with Gasteiger partial charge in [-0.25, -0.2) is 8.78 Å². The normalized spacial score (nSPS) is 12.0. The highest BCUT2D eigenvalue weighted by Crippen LogP contribution is 2.17. The number of rotatable bonds is 3. The number of amides is 1. The maximum absolute atomic E-state index is 13.2. The Hall–Kier alpha value is -2.23. The number of aryl methyl sites for hydroxylation is 1. The Morgan fingerprint density at radius 2 is 1.80 bits per heavy atom. The van der Waals surface area contributed by atoms with Crippen molar-refractivity contribution in [3.05, 3.63) is 70.8 Å². The van der Waals surface area contributed by atoms with Crippen LogP contribution in [0.4, 0.5) is 8.78 Å². The Balaban J connectivity index is 2.15. The van der Waals surface area contributed by atoms with E-state index in [0.717, 1.165) is 17.7 Å². The monoisotopic (exact) mass is 275 g/mol. The van der Waals surface area contributed by atoms with Crippen LogP contribution in [-0.2, 0) is 0 Å². The van der Waals surface area contributed by atoms with Crippen LogP contribution in [0.2, 0.25) is 0 Å². The lowest BCUT2D eigenvalue weighted by Crippen LogP contribution is -2.27. The van der Waals surface area contributed by atoms with E-state index in [1.54, 1.807) is 19.1 Å². The lowest BCUT2D eigenvalue weighted by molar-refractivity contribution is 0.0939. The van der Waals surface area contributed by atoms with Crippen molar-refractivity contribution in [2.75, 3.05) is 0 Å². The molecule has 2 aromatic carbocycles. The molecular weight excluding hydrogens is 260 g/mol. The lowest BCUT2D eigenvalue weighted by atomic mass is 10.1. The quantitative estimate of drug-likeness (QED) is 0.907. The largest absolute Gasteiger partial charge is 0.346 e. The SMILES string of the molecule is Cc1ccccc1C(=O)NC(C)c1ccc(F)c(F)c1. The van der Waals surface area contributed by atoms with Gasteiger partial charge in [-0.1, -0.05) is 24.3 Å². The Morgan fingerprint density at radius 1 is 1.10 bits per heavy atom. The summed E-state index contributed by atoms with van der Waals surface area (Å²) in [5.41, 5.74) is 1.95. The molecule has 1 atom stereocenters. The number of carbonyl (C=O) groups is 1. The maximum atomic E-state index is 13.2. The molecule has 0 aliphatic carbocycles. The zero-order valence-corrected chi connectivity index (χ0v) is 11.3. The first kappa shape index (κ1) is 14.2. The second-order valence-corrected chi connectivity index (χ2v) is 4.68. The summed E-state index contributed by atoms with van der Waals surface area (Å²) < 4.78 is 26.1. The molecule has 0 fully saturated rings. The van der Waals surface area contributed by atoms with Gasteiger partial charge in [-0.2, -0.15) is 0 Å². The lowest BCUT2D eigenvalue weighted by Gasteiger charge is -2.15. The van der Waals surface area contributed by atoms with Crippen molar-refractivity contribution in [1.82, 2.24) is 5.32 Å². The number of halogens is 2. The molecule has 1 unspecified atom stereocenters. The fourth-order valence-electron chi connectivity index (χ4n) is 1.97. The number of hydrogen-bond donors (Lipinski definition) is 1. The molecule has 0 aliphatic rings. The van der Waals surface area contributed by atoms with Gasteiger partial charge >= 0.3 is 0 Å². The van der Waals surface area contributed by atoms with Crippen LogP contribution < -0.4 is 5.32 Å². The van der Waals surface area contributed by atoms with Gasteiger partial charge in [0.25, 0.3) is 5.91 Å². The zero-order chi connectivity index (χ0) is 14.7. The van der Waals surface area contributed by atoms with Crippen molar-refractivity contribution in [1.29, 1.82) is 0 Å². The fourth-order valence-corrected chi connectivity index (χ4v) is 1.97. The summed E-state index contributed by atoms with van der Waals surface area (Å²) >= 11 is 0. The summed E-state index contributed by atoms with van der Waals surface area (Å²) in [5.74, 6) is -2.05. The number of benzene rings is 2. The Morgan fingerprint density at radius 3 is 2.45 bits per heavy atom.